The third-order valence-electron chi connectivity index (χ3n) is 5.18. The molecular weight excluding hydrogens is 422 g/mol. The first-order valence-electron chi connectivity index (χ1n) is 9.79. The second-order valence-corrected chi connectivity index (χ2v) is 7.21. The van der Waals surface area contributed by atoms with E-state index in [-0.39, 0.29) is 24.0 Å². The van der Waals surface area contributed by atoms with Crippen LogP contribution >= 0.6 is 0 Å². The zero-order chi connectivity index (χ0) is 23.4. The summed E-state index contributed by atoms with van der Waals surface area (Å²) in [6.45, 7) is 5.23. The maximum atomic E-state index is 12.6. The summed E-state index contributed by atoms with van der Waals surface area (Å²) in [5, 5.41) is 25.0. The van der Waals surface area contributed by atoms with Gasteiger partial charge in [0.1, 0.15) is 5.69 Å². The molecule has 1 aromatic heterocycles. The number of urea groups is 1. The van der Waals surface area contributed by atoms with Gasteiger partial charge in [-0.15, -0.1) is 0 Å². The van der Waals surface area contributed by atoms with Crippen LogP contribution in [-0.4, -0.2) is 64.0 Å². The van der Waals surface area contributed by atoms with Crippen molar-refractivity contribution in [2.24, 2.45) is 0 Å². The number of nitro benzene ring substituents is 2. The molecule has 0 bridgehead atoms. The lowest BCUT2D eigenvalue weighted by Crippen LogP contribution is -2.51. The molecule has 170 valence electrons. The highest BCUT2D eigenvalue weighted by atomic mass is 16.6. The number of nitrogens with zero attached hydrogens (tertiary/aromatic N) is 6. The van der Waals surface area contributed by atoms with Crippen LogP contribution in [-0.2, 0) is 6.54 Å². The second kappa shape index (κ2) is 9.41. The van der Waals surface area contributed by atoms with Crippen molar-refractivity contribution in [1.29, 1.82) is 0 Å². The lowest BCUT2D eigenvalue weighted by atomic mass is 10.2. The molecule has 0 unspecified atom stereocenters. The first-order chi connectivity index (χ1) is 15.2. The minimum atomic E-state index is -0.663. The van der Waals surface area contributed by atoms with Crippen molar-refractivity contribution in [3.05, 3.63) is 55.5 Å². The fourth-order valence-corrected chi connectivity index (χ4v) is 3.32. The Labute approximate surface area is 183 Å². The van der Waals surface area contributed by atoms with Crippen molar-refractivity contribution in [3.8, 4) is 5.88 Å². The molecule has 0 spiro atoms. The van der Waals surface area contributed by atoms with Crippen LogP contribution in [0.2, 0.25) is 0 Å². The lowest BCUT2D eigenvalue weighted by molar-refractivity contribution is -0.394. The fourth-order valence-electron chi connectivity index (χ4n) is 3.32. The summed E-state index contributed by atoms with van der Waals surface area (Å²) in [7, 11) is 1.49. The first kappa shape index (κ1) is 22.7. The van der Waals surface area contributed by atoms with Gasteiger partial charge in [-0.3, -0.25) is 20.2 Å². The van der Waals surface area contributed by atoms with Crippen LogP contribution in [0.4, 0.5) is 21.9 Å². The van der Waals surface area contributed by atoms with Crippen LogP contribution in [0.15, 0.2) is 18.2 Å². The van der Waals surface area contributed by atoms with E-state index in [0.717, 1.165) is 17.5 Å². The van der Waals surface area contributed by atoms with E-state index in [0.29, 0.717) is 43.4 Å². The summed E-state index contributed by atoms with van der Waals surface area (Å²) < 4.78 is 5.23. The van der Waals surface area contributed by atoms with E-state index < -0.39 is 9.85 Å². The van der Waals surface area contributed by atoms with Gasteiger partial charge >= 0.3 is 6.03 Å². The molecule has 0 radical (unpaired) electrons. The predicted molar refractivity (Wildman–Crippen MR) is 114 cm³/mol. The lowest BCUT2D eigenvalue weighted by Gasteiger charge is -2.35. The number of hydrogen-bond acceptors (Lipinski definition) is 9. The number of nitro groups is 2. The number of aryl methyl sites for hydroxylation is 2. The summed E-state index contributed by atoms with van der Waals surface area (Å²) in [5.74, 6) is 0.352. The van der Waals surface area contributed by atoms with Crippen LogP contribution in [0.5, 0.6) is 5.88 Å². The molecule has 2 aromatic rings. The fraction of sp³-hybridized carbons (Fsp3) is 0.421. The minimum Gasteiger partial charge on any atom is -0.480 e. The van der Waals surface area contributed by atoms with Gasteiger partial charge in [0.15, 0.2) is 0 Å². The van der Waals surface area contributed by atoms with E-state index in [1.807, 2.05) is 13.8 Å². The number of carbonyl (C=O) groups excluding carboxylic acids is 1. The van der Waals surface area contributed by atoms with Gasteiger partial charge in [-0.1, -0.05) is 0 Å². The maximum Gasteiger partial charge on any atom is 0.317 e. The molecule has 1 saturated heterocycles. The molecule has 2 heterocycles. The standard InChI is InChI=1S/C19H23N7O6/c1-12-13(2)22-18(32-3)17(21-12)11-20-19(27)24-6-4-23(5-7-24)14-8-15(25(28)29)10-16(9-14)26(30)31/h8-10H,4-7,11H2,1-3H3,(H,20,27). The predicted octanol–water partition coefficient (Wildman–Crippen LogP) is 1.95. The molecular formula is C19H23N7O6. The molecule has 1 fully saturated rings. The van der Waals surface area contributed by atoms with Gasteiger partial charge in [0.05, 0.1) is 46.6 Å². The first-order valence-corrected chi connectivity index (χ1v) is 9.79. The Morgan fingerprint density at radius 1 is 1.03 bits per heavy atom. The topological polar surface area (TPSA) is 157 Å². The van der Waals surface area contributed by atoms with Crippen molar-refractivity contribution in [2.75, 3.05) is 38.2 Å². The number of nitrogens with one attached hydrogen (secondary N) is 1. The van der Waals surface area contributed by atoms with Crippen molar-refractivity contribution in [1.82, 2.24) is 20.2 Å². The normalized spacial score (nSPS) is 13.6. The number of anilines is 1. The monoisotopic (exact) mass is 445 g/mol. The zero-order valence-electron chi connectivity index (χ0n) is 17.9. The zero-order valence-corrected chi connectivity index (χ0v) is 17.9. The molecule has 0 aliphatic carbocycles. The summed E-state index contributed by atoms with van der Waals surface area (Å²) in [4.78, 5) is 45.6. The van der Waals surface area contributed by atoms with Crippen LogP contribution < -0.4 is 15.0 Å². The van der Waals surface area contributed by atoms with Gasteiger partial charge in [-0.2, -0.15) is 0 Å². The number of hydrogen-bond donors (Lipinski definition) is 1. The average Bonchev–Trinajstić information content (AvgIpc) is 2.79. The highest BCUT2D eigenvalue weighted by molar-refractivity contribution is 5.74. The van der Waals surface area contributed by atoms with Crippen molar-refractivity contribution < 1.29 is 19.4 Å². The number of ether oxygens (including phenoxy) is 1. The number of amides is 2. The highest BCUT2D eigenvalue weighted by Gasteiger charge is 2.25. The van der Waals surface area contributed by atoms with E-state index in [2.05, 4.69) is 15.3 Å². The molecule has 3 rings (SSSR count). The number of aromatic nitrogens is 2. The molecule has 0 atom stereocenters. The number of benzene rings is 1. The smallest absolute Gasteiger partial charge is 0.317 e. The van der Waals surface area contributed by atoms with Gasteiger partial charge in [-0.25, -0.2) is 14.8 Å². The number of methoxy groups -OCH3 is 1. The Balaban J connectivity index is 1.63. The Hall–Kier alpha value is -4.03. The summed E-state index contributed by atoms with van der Waals surface area (Å²) in [6, 6.07) is 3.23. The molecule has 1 aliphatic rings. The summed E-state index contributed by atoms with van der Waals surface area (Å²) >= 11 is 0. The molecule has 1 N–H and O–H groups in total. The molecule has 13 heteroatoms. The van der Waals surface area contributed by atoms with E-state index in [1.54, 1.807) is 9.80 Å². The molecule has 13 nitrogen and oxygen atoms in total. The SMILES string of the molecule is COc1nc(C)c(C)nc1CNC(=O)N1CCN(c2cc([N+](=O)[O-])cc([N+](=O)[O-])c2)CC1. The molecule has 32 heavy (non-hydrogen) atoms. The number of non-ortho nitro benzene ring substituents is 2. The molecule has 2 amide bonds. The van der Waals surface area contributed by atoms with Gasteiger partial charge in [0, 0.05) is 38.3 Å². The van der Waals surface area contributed by atoms with Crippen LogP contribution in [0, 0.1) is 34.1 Å². The van der Waals surface area contributed by atoms with Crippen LogP contribution in [0.25, 0.3) is 0 Å². The van der Waals surface area contributed by atoms with Gasteiger partial charge in [0.25, 0.3) is 11.4 Å². The van der Waals surface area contributed by atoms with Crippen molar-refractivity contribution >= 4 is 23.1 Å². The van der Waals surface area contributed by atoms with E-state index >= 15 is 0 Å². The summed E-state index contributed by atoms with van der Waals surface area (Å²) in [6.07, 6.45) is 0. The molecule has 1 aromatic carbocycles. The second-order valence-electron chi connectivity index (χ2n) is 7.21. The number of rotatable bonds is 6. The Kier molecular flexibility index (Phi) is 6.66. The minimum absolute atomic E-state index is 0.146. The van der Waals surface area contributed by atoms with E-state index in [4.69, 9.17) is 4.74 Å². The molecule has 1 aliphatic heterocycles. The van der Waals surface area contributed by atoms with E-state index in [9.17, 15) is 25.0 Å². The maximum absolute atomic E-state index is 12.6. The van der Waals surface area contributed by atoms with E-state index in [1.165, 1.54) is 19.2 Å². The number of piperazine rings is 1. The van der Waals surface area contributed by atoms with Gasteiger partial charge in [-0.05, 0) is 13.8 Å². The largest absolute Gasteiger partial charge is 0.480 e. The molecule has 0 saturated carbocycles. The van der Waals surface area contributed by atoms with Crippen molar-refractivity contribution in [3.63, 3.8) is 0 Å². The summed E-state index contributed by atoms with van der Waals surface area (Å²) in [5.41, 5.74) is 1.69. The third-order valence-corrected chi connectivity index (χ3v) is 5.18. The van der Waals surface area contributed by atoms with Crippen LogP contribution in [0.1, 0.15) is 17.1 Å². The van der Waals surface area contributed by atoms with Gasteiger partial charge in [0.2, 0.25) is 5.88 Å². The highest BCUT2D eigenvalue weighted by Crippen LogP contribution is 2.29. The Morgan fingerprint density at radius 2 is 1.59 bits per heavy atom. The number of carbonyl (C=O) groups is 1. The van der Waals surface area contributed by atoms with Crippen LogP contribution in [0.3, 0.4) is 0 Å². The average molecular weight is 445 g/mol. The third kappa shape index (κ3) is 4.99. The van der Waals surface area contributed by atoms with Gasteiger partial charge < -0.3 is 19.9 Å². The Morgan fingerprint density at radius 3 is 2.12 bits per heavy atom. The quantitative estimate of drug-likeness (QED) is 0.518. The van der Waals surface area contributed by atoms with Crippen molar-refractivity contribution in [2.45, 2.75) is 20.4 Å². The Bertz CT molecular complexity index is 1020.